The molecule has 0 saturated heterocycles. The van der Waals surface area contributed by atoms with E-state index in [1.165, 1.54) is 0 Å². The van der Waals surface area contributed by atoms with Gasteiger partial charge in [-0.05, 0) is 33.3 Å². The lowest BCUT2D eigenvalue weighted by molar-refractivity contribution is 0.750. The van der Waals surface area contributed by atoms with Crippen molar-refractivity contribution in [1.82, 2.24) is 9.97 Å². The second-order valence-corrected chi connectivity index (χ2v) is 3.43. The van der Waals surface area contributed by atoms with Crippen LogP contribution in [0.3, 0.4) is 0 Å². The largest absolute Gasteiger partial charge is 0.352 e. The molecule has 0 spiro atoms. The zero-order chi connectivity index (χ0) is 9.84. The molecule has 1 heterocycles. The highest BCUT2D eigenvalue weighted by Crippen LogP contribution is 2.05. The number of aryl methyl sites for hydroxylation is 2. The lowest BCUT2D eigenvalue weighted by Gasteiger charge is -2.11. The second kappa shape index (κ2) is 4.21. The van der Waals surface area contributed by atoms with Gasteiger partial charge in [0.2, 0.25) is 5.95 Å². The van der Waals surface area contributed by atoms with Gasteiger partial charge in [-0.1, -0.05) is 6.92 Å². The molecule has 0 aliphatic carbocycles. The first kappa shape index (κ1) is 9.96. The van der Waals surface area contributed by atoms with Crippen LogP contribution in [-0.2, 0) is 0 Å². The van der Waals surface area contributed by atoms with E-state index in [1.807, 2.05) is 19.9 Å². The Kier molecular flexibility index (Phi) is 3.23. The molecular weight excluding hydrogens is 162 g/mol. The van der Waals surface area contributed by atoms with Crippen LogP contribution in [0.4, 0.5) is 5.95 Å². The molecule has 0 aliphatic heterocycles. The van der Waals surface area contributed by atoms with Gasteiger partial charge in [0.05, 0.1) is 0 Å². The molecule has 1 rings (SSSR count). The zero-order valence-corrected chi connectivity index (χ0v) is 8.76. The van der Waals surface area contributed by atoms with E-state index in [2.05, 4.69) is 29.1 Å². The predicted octanol–water partition coefficient (Wildman–Crippen LogP) is 2.30. The molecule has 1 N–H and O–H groups in total. The summed E-state index contributed by atoms with van der Waals surface area (Å²) in [5, 5.41) is 3.25. The third-order valence-corrected chi connectivity index (χ3v) is 1.97. The van der Waals surface area contributed by atoms with Gasteiger partial charge in [-0.25, -0.2) is 9.97 Å². The van der Waals surface area contributed by atoms with Crippen LogP contribution in [0.5, 0.6) is 0 Å². The molecule has 0 bridgehead atoms. The van der Waals surface area contributed by atoms with Gasteiger partial charge in [0.15, 0.2) is 0 Å². The molecule has 0 aromatic carbocycles. The third kappa shape index (κ3) is 3.01. The highest BCUT2D eigenvalue weighted by molar-refractivity contribution is 5.28. The van der Waals surface area contributed by atoms with Gasteiger partial charge in [0, 0.05) is 17.4 Å². The molecular formula is C10H17N3. The first-order chi connectivity index (χ1) is 6.11. The number of anilines is 1. The van der Waals surface area contributed by atoms with Crippen molar-refractivity contribution in [2.24, 2.45) is 0 Å². The summed E-state index contributed by atoms with van der Waals surface area (Å²) < 4.78 is 0. The molecule has 0 aliphatic rings. The molecule has 72 valence electrons. The smallest absolute Gasteiger partial charge is 0.223 e. The SMILES string of the molecule is CCC(C)Nc1nc(C)cc(C)n1. The average molecular weight is 179 g/mol. The maximum Gasteiger partial charge on any atom is 0.223 e. The molecule has 0 radical (unpaired) electrons. The van der Waals surface area contributed by atoms with Crippen molar-refractivity contribution in [3.63, 3.8) is 0 Å². The second-order valence-electron chi connectivity index (χ2n) is 3.43. The summed E-state index contributed by atoms with van der Waals surface area (Å²) in [6.45, 7) is 8.23. The molecule has 0 saturated carbocycles. The number of hydrogen-bond donors (Lipinski definition) is 1. The summed E-state index contributed by atoms with van der Waals surface area (Å²) in [6.07, 6.45) is 1.08. The molecule has 1 atom stereocenters. The number of nitrogens with one attached hydrogen (secondary N) is 1. The van der Waals surface area contributed by atoms with Crippen LogP contribution in [0.2, 0.25) is 0 Å². The fourth-order valence-electron chi connectivity index (χ4n) is 1.11. The van der Waals surface area contributed by atoms with Gasteiger partial charge in [0.1, 0.15) is 0 Å². The Morgan fingerprint density at radius 3 is 2.31 bits per heavy atom. The van der Waals surface area contributed by atoms with Crippen LogP contribution in [0.1, 0.15) is 31.7 Å². The standard InChI is InChI=1S/C10H17N3/c1-5-7(2)11-10-12-8(3)6-9(4)13-10/h6-7H,5H2,1-4H3,(H,11,12,13). The molecule has 13 heavy (non-hydrogen) atoms. The quantitative estimate of drug-likeness (QED) is 0.773. The minimum atomic E-state index is 0.432. The van der Waals surface area contributed by atoms with Crippen LogP contribution >= 0.6 is 0 Å². The normalized spacial score (nSPS) is 12.6. The lowest BCUT2D eigenvalue weighted by atomic mass is 10.3. The number of aromatic nitrogens is 2. The Bertz CT molecular complexity index is 263. The van der Waals surface area contributed by atoms with Gasteiger partial charge in [-0.3, -0.25) is 0 Å². The van der Waals surface area contributed by atoms with Gasteiger partial charge in [-0.2, -0.15) is 0 Å². The summed E-state index contributed by atoms with van der Waals surface area (Å²) in [5.74, 6) is 0.742. The van der Waals surface area contributed by atoms with E-state index in [4.69, 9.17) is 0 Å². The minimum absolute atomic E-state index is 0.432. The topological polar surface area (TPSA) is 37.8 Å². The molecule has 0 amide bonds. The fraction of sp³-hybridized carbons (Fsp3) is 0.600. The van der Waals surface area contributed by atoms with E-state index in [0.717, 1.165) is 23.8 Å². The van der Waals surface area contributed by atoms with E-state index >= 15 is 0 Å². The Labute approximate surface area is 79.6 Å². The molecule has 3 nitrogen and oxygen atoms in total. The van der Waals surface area contributed by atoms with Gasteiger partial charge in [0.25, 0.3) is 0 Å². The lowest BCUT2D eigenvalue weighted by Crippen LogP contribution is -2.16. The van der Waals surface area contributed by atoms with Crippen molar-refractivity contribution < 1.29 is 0 Å². The molecule has 1 unspecified atom stereocenters. The minimum Gasteiger partial charge on any atom is -0.352 e. The van der Waals surface area contributed by atoms with Crippen LogP contribution in [0.15, 0.2) is 6.07 Å². The van der Waals surface area contributed by atoms with E-state index in [0.29, 0.717) is 6.04 Å². The van der Waals surface area contributed by atoms with Crippen molar-refractivity contribution in [3.05, 3.63) is 17.5 Å². The maximum atomic E-state index is 4.30. The van der Waals surface area contributed by atoms with Crippen molar-refractivity contribution in [2.45, 2.75) is 40.2 Å². The zero-order valence-electron chi connectivity index (χ0n) is 8.76. The summed E-state index contributed by atoms with van der Waals surface area (Å²) in [5.41, 5.74) is 2.02. The average Bonchev–Trinajstić information content (AvgIpc) is 2.02. The van der Waals surface area contributed by atoms with Crippen LogP contribution in [0.25, 0.3) is 0 Å². The Hall–Kier alpha value is -1.12. The molecule has 3 heteroatoms. The molecule has 0 fully saturated rings. The number of hydrogen-bond acceptors (Lipinski definition) is 3. The monoisotopic (exact) mass is 179 g/mol. The van der Waals surface area contributed by atoms with Gasteiger partial charge < -0.3 is 5.32 Å². The first-order valence-corrected chi connectivity index (χ1v) is 4.70. The van der Waals surface area contributed by atoms with E-state index in [9.17, 15) is 0 Å². The van der Waals surface area contributed by atoms with E-state index in [1.54, 1.807) is 0 Å². The first-order valence-electron chi connectivity index (χ1n) is 4.70. The predicted molar refractivity (Wildman–Crippen MR) is 54.9 cm³/mol. The van der Waals surface area contributed by atoms with Crippen LogP contribution < -0.4 is 5.32 Å². The summed E-state index contributed by atoms with van der Waals surface area (Å²) >= 11 is 0. The fourth-order valence-corrected chi connectivity index (χ4v) is 1.11. The Balaban J connectivity index is 2.77. The van der Waals surface area contributed by atoms with Gasteiger partial charge in [-0.15, -0.1) is 0 Å². The summed E-state index contributed by atoms with van der Waals surface area (Å²) in [4.78, 5) is 8.60. The number of nitrogens with zero attached hydrogens (tertiary/aromatic N) is 2. The Morgan fingerprint density at radius 1 is 1.31 bits per heavy atom. The summed E-state index contributed by atoms with van der Waals surface area (Å²) in [7, 11) is 0. The molecule has 1 aromatic heterocycles. The number of rotatable bonds is 3. The maximum absolute atomic E-state index is 4.30. The van der Waals surface area contributed by atoms with Crippen molar-refractivity contribution in [2.75, 3.05) is 5.32 Å². The van der Waals surface area contributed by atoms with Gasteiger partial charge >= 0.3 is 0 Å². The van der Waals surface area contributed by atoms with Crippen LogP contribution in [0, 0.1) is 13.8 Å². The van der Waals surface area contributed by atoms with Crippen molar-refractivity contribution in [3.8, 4) is 0 Å². The van der Waals surface area contributed by atoms with E-state index < -0.39 is 0 Å². The highest BCUT2D eigenvalue weighted by Gasteiger charge is 2.02. The van der Waals surface area contributed by atoms with Crippen molar-refractivity contribution in [1.29, 1.82) is 0 Å². The molecule has 1 aromatic rings. The van der Waals surface area contributed by atoms with E-state index in [-0.39, 0.29) is 0 Å². The third-order valence-electron chi connectivity index (χ3n) is 1.97. The summed E-state index contributed by atoms with van der Waals surface area (Å²) in [6, 6.07) is 2.41. The highest BCUT2D eigenvalue weighted by atomic mass is 15.1. The van der Waals surface area contributed by atoms with Crippen molar-refractivity contribution >= 4 is 5.95 Å². The Morgan fingerprint density at radius 2 is 1.85 bits per heavy atom. The van der Waals surface area contributed by atoms with Crippen LogP contribution in [-0.4, -0.2) is 16.0 Å².